The highest BCUT2D eigenvalue weighted by atomic mass is 19.4. The highest BCUT2D eigenvalue weighted by molar-refractivity contribution is 5.79. The number of aliphatic imine (C=N–C) groups is 1. The van der Waals surface area contributed by atoms with E-state index in [1.54, 1.807) is 14.2 Å². The second-order valence-corrected chi connectivity index (χ2v) is 5.69. The standard InChI is InChI=1S/C17H27F3N4O/c1-21-16(22-10-6-12-24(2)13-17(18,19)20)23-11-9-14-7-4-5-8-15(14)25-3/h4-5,7-8H,6,9-13H2,1-3H3,(H2,21,22,23). The molecule has 1 aromatic rings. The predicted octanol–water partition coefficient (Wildman–Crippen LogP) is 2.29. The van der Waals surface area contributed by atoms with Crippen molar-refractivity contribution in [1.29, 1.82) is 0 Å². The van der Waals surface area contributed by atoms with E-state index in [-0.39, 0.29) is 0 Å². The molecule has 0 aliphatic carbocycles. The smallest absolute Gasteiger partial charge is 0.401 e. The molecule has 0 bridgehead atoms. The number of methoxy groups -OCH3 is 1. The number of rotatable bonds is 9. The van der Waals surface area contributed by atoms with Crippen LogP contribution in [0.15, 0.2) is 29.3 Å². The number of nitrogens with one attached hydrogen (secondary N) is 2. The van der Waals surface area contributed by atoms with Crippen molar-refractivity contribution in [2.75, 3.05) is 47.4 Å². The molecule has 0 spiro atoms. The first kappa shape index (κ1) is 21.1. The number of hydrogen-bond acceptors (Lipinski definition) is 3. The number of hydrogen-bond donors (Lipinski definition) is 2. The van der Waals surface area contributed by atoms with Gasteiger partial charge in [0, 0.05) is 20.1 Å². The molecule has 1 aromatic carbocycles. The van der Waals surface area contributed by atoms with Gasteiger partial charge < -0.3 is 15.4 Å². The Balaban J connectivity index is 2.25. The van der Waals surface area contributed by atoms with Crippen molar-refractivity contribution < 1.29 is 17.9 Å². The molecule has 0 amide bonds. The molecule has 25 heavy (non-hydrogen) atoms. The first-order chi connectivity index (χ1) is 11.9. The summed E-state index contributed by atoms with van der Waals surface area (Å²) in [4.78, 5) is 5.37. The van der Waals surface area contributed by atoms with E-state index in [9.17, 15) is 13.2 Å². The van der Waals surface area contributed by atoms with E-state index < -0.39 is 12.7 Å². The van der Waals surface area contributed by atoms with Gasteiger partial charge in [0.25, 0.3) is 0 Å². The van der Waals surface area contributed by atoms with Crippen molar-refractivity contribution >= 4 is 5.96 Å². The van der Waals surface area contributed by atoms with Crippen molar-refractivity contribution in [1.82, 2.24) is 15.5 Å². The number of halogens is 3. The maximum absolute atomic E-state index is 12.2. The highest BCUT2D eigenvalue weighted by Gasteiger charge is 2.28. The van der Waals surface area contributed by atoms with Crippen molar-refractivity contribution in [3.8, 4) is 5.75 Å². The molecule has 0 aromatic heterocycles. The van der Waals surface area contributed by atoms with E-state index in [4.69, 9.17) is 4.74 Å². The van der Waals surface area contributed by atoms with Crippen LogP contribution in [-0.4, -0.2) is 64.4 Å². The van der Waals surface area contributed by atoms with Gasteiger partial charge in [-0.2, -0.15) is 13.2 Å². The molecule has 8 heteroatoms. The summed E-state index contributed by atoms with van der Waals surface area (Å²) in [5, 5.41) is 6.29. The maximum Gasteiger partial charge on any atom is 0.401 e. The Bertz CT molecular complexity index is 535. The van der Waals surface area contributed by atoms with Crippen molar-refractivity contribution in [3.63, 3.8) is 0 Å². The van der Waals surface area contributed by atoms with Crippen molar-refractivity contribution in [2.24, 2.45) is 4.99 Å². The minimum absolute atomic E-state index is 0.366. The SMILES string of the molecule is CN=C(NCCCN(C)CC(F)(F)F)NCCc1ccccc1OC. The summed E-state index contributed by atoms with van der Waals surface area (Å²) >= 11 is 0. The van der Waals surface area contributed by atoms with E-state index in [1.165, 1.54) is 11.9 Å². The molecular formula is C17H27F3N4O. The molecule has 0 aliphatic rings. The molecule has 0 radical (unpaired) electrons. The first-order valence-electron chi connectivity index (χ1n) is 8.17. The monoisotopic (exact) mass is 360 g/mol. The number of guanidine groups is 1. The number of alkyl halides is 3. The van der Waals surface area contributed by atoms with Gasteiger partial charge >= 0.3 is 6.18 Å². The quantitative estimate of drug-likeness (QED) is 0.403. The van der Waals surface area contributed by atoms with Crippen LogP contribution in [0.2, 0.25) is 0 Å². The lowest BCUT2D eigenvalue weighted by molar-refractivity contribution is -0.143. The average molecular weight is 360 g/mol. The van der Waals surface area contributed by atoms with Gasteiger partial charge in [0.15, 0.2) is 5.96 Å². The van der Waals surface area contributed by atoms with Crippen LogP contribution in [0.3, 0.4) is 0 Å². The fourth-order valence-corrected chi connectivity index (χ4v) is 2.39. The molecule has 2 N–H and O–H groups in total. The van der Waals surface area contributed by atoms with Crippen molar-refractivity contribution in [3.05, 3.63) is 29.8 Å². The van der Waals surface area contributed by atoms with E-state index >= 15 is 0 Å². The molecule has 0 unspecified atom stereocenters. The molecule has 0 saturated heterocycles. The molecular weight excluding hydrogens is 333 g/mol. The summed E-state index contributed by atoms with van der Waals surface area (Å²) in [5.41, 5.74) is 1.10. The Morgan fingerprint density at radius 3 is 2.52 bits per heavy atom. The average Bonchev–Trinajstić information content (AvgIpc) is 2.55. The fourth-order valence-electron chi connectivity index (χ4n) is 2.39. The summed E-state index contributed by atoms with van der Waals surface area (Å²) in [6, 6.07) is 7.81. The highest BCUT2D eigenvalue weighted by Crippen LogP contribution is 2.17. The van der Waals surface area contributed by atoms with Crippen LogP contribution in [0.4, 0.5) is 13.2 Å². The van der Waals surface area contributed by atoms with Crippen LogP contribution in [0, 0.1) is 0 Å². The molecule has 0 aliphatic heterocycles. The summed E-state index contributed by atoms with van der Waals surface area (Å²) < 4.78 is 42.0. The first-order valence-corrected chi connectivity index (χ1v) is 8.17. The van der Waals surface area contributed by atoms with E-state index in [0.29, 0.717) is 32.0 Å². The van der Waals surface area contributed by atoms with Crippen molar-refractivity contribution in [2.45, 2.75) is 19.0 Å². The molecule has 1 rings (SSSR count). The lowest BCUT2D eigenvalue weighted by Gasteiger charge is -2.19. The van der Waals surface area contributed by atoms with Gasteiger partial charge in [0.1, 0.15) is 5.75 Å². The maximum atomic E-state index is 12.2. The summed E-state index contributed by atoms with van der Waals surface area (Å²) in [5.74, 6) is 1.48. The largest absolute Gasteiger partial charge is 0.496 e. The fraction of sp³-hybridized carbons (Fsp3) is 0.588. The lowest BCUT2D eigenvalue weighted by Crippen LogP contribution is -2.40. The molecule has 5 nitrogen and oxygen atoms in total. The zero-order valence-electron chi connectivity index (χ0n) is 15.0. The summed E-state index contributed by atoms with van der Waals surface area (Å²) in [7, 11) is 4.77. The van der Waals surface area contributed by atoms with Gasteiger partial charge in [0.2, 0.25) is 0 Å². The van der Waals surface area contributed by atoms with Crippen LogP contribution >= 0.6 is 0 Å². The molecule has 0 saturated carbocycles. The topological polar surface area (TPSA) is 48.9 Å². The Labute approximate surface area is 147 Å². The van der Waals surface area contributed by atoms with Crippen LogP contribution in [-0.2, 0) is 6.42 Å². The Hall–Kier alpha value is -1.96. The lowest BCUT2D eigenvalue weighted by atomic mass is 10.1. The number of benzene rings is 1. The Morgan fingerprint density at radius 2 is 1.88 bits per heavy atom. The molecule has 142 valence electrons. The number of ether oxygens (including phenoxy) is 1. The third-order valence-corrected chi connectivity index (χ3v) is 3.56. The zero-order chi connectivity index (χ0) is 18.7. The van der Waals surface area contributed by atoms with Gasteiger partial charge in [-0.15, -0.1) is 0 Å². The van der Waals surface area contributed by atoms with E-state index in [1.807, 2.05) is 24.3 Å². The van der Waals surface area contributed by atoms with Gasteiger partial charge in [0.05, 0.1) is 13.7 Å². The normalized spacial score (nSPS) is 12.4. The summed E-state index contributed by atoms with van der Waals surface area (Å²) in [6.45, 7) is 0.703. The zero-order valence-corrected chi connectivity index (χ0v) is 15.0. The third kappa shape index (κ3) is 9.19. The predicted molar refractivity (Wildman–Crippen MR) is 94.2 cm³/mol. The molecule has 0 heterocycles. The third-order valence-electron chi connectivity index (χ3n) is 3.56. The Morgan fingerprint density at radius 1 is 1.20 bits per heavy atom. The van der Waals surface area contributed by atoms with Gasteiger partial charge in [-0.3, -0.25) is 9.89 Å². The van der Waals surface area contributed by atoms with Crippen LogP contribution in [0.5, 0.6) is 5.75 Å². The minimum atomic E-state index is -4.15. The number of nitrogens with zero attached hydrogens (tertiary/aromatic N) is 2. The number of para-hydroxylation sites is 1. The van der Waals surface area contributed by atoms with E-state index in [2.05, 4.69) is 15.6 Å². The minimum Gasteiger partial charge on any atom is -0.496 e. The second kappa shape index (κ2) is 10.8. The molecule has 0 fully saturated rings. The second-order valence-electron chi connectivity index (χ2n) is 5.69. The van der Waals surface area contributed by atoms with Crippen LogP contribution in [0.25, 0.3) is 0 Å². The Kier molecular flexibility index (Phi) is 9.12. The van der Waals surface area contributed by atoms with Gasteiger partial charge in [-0.1, -0.05) is 18.2 Å². The van der Waals surface area contributed by atoms with Crippen LogP contribution in [0.1, 0.15) is 12.0 Å². The van der Waals surface area contributed by atoms with Crippen LogP contribution < -0.4 is 15.4 Å². The van der Waals surface area contributed by atoms with Gasteiger partial charge in [-0.25, -0.2) is 0 Å². The summed E-state index contributed by atoms with van der Waals surface area (Å²) in [6.07, 6.45) is -2.78. The van der Waals surface area contributed by atoms with E-state index in [0.717, 1.165) is 17.7 Å². The van der Waals surface area contributed by atoms with Gasteiger partial charge in [-0.05, 0) is 38.1 Å². The molecule has 0 atom stereocenters.